The minimum atomic E-state index is -0.348. The van der Waals surface area contributed by atoms with E-state index in [0.29, 0.717) is 12.8 Å². The molecule has 0 fully saturated rings. The Kier molecular flexibility index (Phi) is 5.74. The van der Waals surface area contributed by atoms with E-state index in [2.05, 4.69) is 10.5 Å². The maximum Gasteiger partial charge on any atom is 0.223 e. The van der Waals surface area contributed by atoms with E-state index in [4.69, 9.17) is 9.63 Å². The molecule has 2 N–H and O–H groups in total. The van der Waals surface area contributed by atoms with Crippen LogP contribution in [0.25, 0.3) is 0 Å². The molecule has 0 spiro atoms. The van der Waals surface area contributed by atoms with Gasteiger partial charge in [-0.3, -0.25) is 4.79 Å². The minimum Gasteiger partial charge on any atom is -0.396 e. The van der Waals surface area contributed by atoms with Gasteiger partial charge in [0.1, 0.15) is 5.76 Å². The van der Waals surface area contributed by atoms with Gasteiger partial charge in [-0.15, -0.1) is 0 Å². The summed E-state index contributed by atoms with van der Waals surface area (Å²) >= 11 is 0. The van der Waals surface area contributed by atoms with Crippen molar-refractivity contribution >= 4 is 5.91 Å². The number of aromatic nitrogens is 1. The fraction of sp³-hybridized carbons (Fsp3) is 0.733. The highest BCUT2D eigenvalue weighted by Gasteiger charge is 2.27. The zero-order chi connectivity index (χ0) is 15.3. The molecule has 0 aliphatic heterocycles. The summed E-state index contributed by atoms with van der Waals surface area (Å²) in [5.41, 5.74) is 1.50. The van der Waals surface area contributed by atoms with Crippen LogP contribution in [0.5, 0.6) is 0 Å². The van der Waals surface area contributed by atoms with E-state index >= 15 is 0 Å². The van der Waals surface area contributed by atoms with Crippen LogP contribution in [0.1, 0.15) is 50.6 Å². The fourth-order valence-corrected chi connectivity index (χ4v) is 2.19. The summed E-state index contributed by atoms with van der Waals surface area (Å²) in [5, 5.41) is 16.0. The Morgan fingerprint density at radius 3 is 2.60 bits per heavy atom. The smallest absolute Gasteiger partial charge is 0.223 e. The maximum absolute atomic E-state index is 12.3. The molecule has 114 valence electrons. The van der Waals surface area contributed by atoms with Crippen molar-refractivity contribution in [2.24, 2.45) is 5.92 Å². The second kappa shape index (κ2) is 6.88. The standard InChI is InChI=1S/C15H26N2O3/c1-6-15(5,7-8-18)16-14(19)10(2)9-13-11(3)17-20-12(13)4/h10,18H,6-9H2,1-5H3,(H,16,19). The fourth-order valence-electron chi connectivity index (χ4n) is 2.19. The van der Waals surface area contributed by atoms with Crippen LogP contribution >= 0.6 is 0 Å². The lowest BCUT2D eigenvalue weighted by Crippen LogP contribution is -2.48. The minimum absolute atomic E-state index is 0.00259. The molecule has 1 rings (SSSR count). The Balaban J connectivity index is 2.68. The highest BCUT2D eigenvalue weighted by molar-refractivity contribution is 5.79. The predicted molar refractivity (Wildman–Crippen MR) is 77.4 cm³/mol. The number of hydrogen-bond acceptors (Lipinski definition) is 4. The van der Waals surface area contributed by atoms with Crippen molar-refractivity contribution in [1.82, 2.24) is 10.5 Å². The molecular formula is C15H26N2O3. The Morgan fingerprint density at radius 2 is 2.15 bits per heavy atom. The molecule has 0 aliphatic carbocycles. The number of aliphatic hydroxyl groups excluding tert-OH is 1. The molecule has 0 aliphatic rings. The number of rotatable bonds is 7. The van der Waals surface area contributed by atoms with Gasteiger partial charge in [0.05, 0.1) is 5.69 Å². The van der Waals surface area contributed by atoms with E-state index in [0.717, 1.165) is 23.4 Å². The molecule has 0 radical (unpaired) electrons. The molecule has 5 heteroatoms. The molecule has 0 saturated heterocycles. The lowest BCUT2D eigenvalue weighted by Gasteiger charge is -2.30. The second-order valence-electron chi connectivity index (χ2n) is 5.78. The Morgan fingerprint density at radius 1 is 1.50 bits per heavy atom. The number of carbonyl (C=O) groups excluding carboxylic acids is 1. The highest BCUT2D eigenvalue weighted by atomic mass is 16.5. The van der Waals surface area contributed by atoms with E-state index in [9.17, 15) is 4.79 Å². The van der Waals surface area contributed by atoms with Crippen LogP contribution in [0.4, 0.5) is 0 Å². The monoisotopic (exact) mass is 282 g/mol. The van der Waals surface area contributed by atoms with Gasteiger partial charge in [-0.1, -0.05) is 19.0 Å². The van der Waals surface area contributed by atoms with E-state index in [-0.39, 0.29) is 24.0 Å². The summed E-state index contributed by atoms with van der Waals surface area (Å²) in [6.45, 7) is 9.69. The first-order valence-electron chi connectivity index (χ1n) is 7.17. The number of aryl methyl sites for hydroxylation is 2. The van der Waals surface area contributed by atoms with Gasteiger partial charge in [0.25, 0.3) is 0 Å². The predicted octanol–water partition coefficient (Wildman–Crippen LogP) is 2.14. The van der Waals surface area contributed by atoms with Crippen LogP contribution in [-0.4, -0.2) is 28.3 Å². The Hall–Kier alpha value is -1.36. The Labute approximate surface area is 120 Å². The normalized spacial score (nSPS) is 15.7. The summed E-state index contributed by atoms with van der Waals surface area (Å²) in [6.07, 6.45) is 1.97. The average molecular weight is 282 g/mol. The third-order valence-corrected chi connectivity index (χ3v) is 4.01. The van der Waals surface area contributed by atoms with E-state index in [1.54, 1.807) is 0 Å². The first kappa shape index (κ1) is 16.7. The van der Waals surface area contributed by atoms with Crippen LogP contribution in [0, 0.1) is 19.8 Å². The summed E-state index contributed by atoms with van der Waals surface area (Å²) in [7, 11) is 0. The topological polar surface area (TPSA) is 75.4 Å². The van der Waals surface area contributed by atoms with Crippen LogP contribution in [-0.2, 0) is 11.2 Å². The van der Waals surface area contributed by atoms with Gasteiger partial charge in [0.15, 0.2) is 0 Å². The maximum atomic E-state index is 12.3. The third kappa shape index (κ3) is 4.07. The van der Waals surface area contributed by atoms with E-state index in [1.165, 1.54) is 0 Å². The summed E-state index contributed by atoms with van der Waals surface area (Å²) in [4.78, 5) is 12.3. The van der Waals surface area contributed by atoms with Crippen molar-refractivity contribution in [2.45, 2.75) is 59.4 Å². The van der Waals surface area contributed by atoms with Crippen LogP contribution in [0.3, 0.4) is 0 Å². The largest absolute Gasteiger partial charge is 0.396 e. The molecule has 1 heterocycles. The molecule has 1 aromatic rings. The highest BCUT2D eigenvalue weighted by Crippen LogP contribution is 2.19. The molecule has 20 heavy (non-hydrogen) atoms. The van der Waals surface area contributed by atoms with Crippen molar-refractivity contribution in [3.63, 3.8) is 0 Å². The van der Waals surface area contributed by atoms with Gasteiger partial charge >= 0.3 is 0 Å². The molecule has 2 atom stereocenters. The number of aliphatic hydroxyl groups is 1. The zero-order valence-corrected chi connectivity index (χ0v) is 13.1. The summed E-state index contributed by atoms with van der Waals surface area (Å²) in [6, 6.07) is 0. The van der Waals surface area contributed by atoms with Crippen LogP contribution in [0.15, 0.2) is 4.52 Å². The molecular weight excluding hydrogens is 256 g/mol. The van der Waals surface area contributed by atoms with Crippen molar-refractivity contribution < 1.29 is 14.4 Å². The molecule has 2 unspecified atom stereocenters. The zero-order valence-electron chi connectivity index (χ0n) is 13.1. The first-order valence-corrected chi connectivity index (χ1v) is 7.17. The number of nitrogens with zero attached hydrogens (tertiary/aromatic N) is 1. The molecule has 1 aromatic heterocycles. The molecule has 0 saturated carbocycles. The van der Waals surface area contributed by atoms with E-state index in [1.807, 2.05) is 34.6 Å². The van der Waals surface area contributed by atoms with Crippen molar-refractivity contribution in [2.75, 3.05) is 6.61 Å². The number of hydrogen-bond donors (Lipinski definition) is 2. The number of amides is 1. The van der Waals surface area contributed by atoms with Gasteiger partial charge in [0.2, 0.25) is 5.91 Å². The molecule has 5 nitrogen and oxygen atoms in total. The molecule has 1 amide bonds. The van der Waals surface area contributed by atoms with Crippen molar-refractivity contribution in [1.29, 1.82) is 0 Å². The van der Waals surface area contributed by atoms with Gasteiger partial charge in [-0.05, 0) is 40.0 Å². The van der Waals surface area contributed by atoms with E-state index < -0.39 is 0 Å². The van der Waals surface area contributed by atoms with Crippen LogP contribution < -0.4 is 5.32 Å². The summed E-state index contributed by atoms with van der Waals surface area (Å²) < 4.78 is 5.12. The lowest BCUT2D eigenvalue weighted by molar-refractivity contribution is -0.126. The second-order valence-corrected chi connectivity index (χ2v) is 5.78. The lowest BCUT2D eigenvalue weighted by atomic mass is 9.92. The Bertz CT molecular complexity index is 436. The number of nitrogens with one attached hydrogen (secondary N) is 1. The van der Waals surface area contributed by atoms with Gasteiger partial charge in [-0.25, -0.2) is 0 Å². The SMILES string of the molecule is CCC(C)(CCO)NC(=O)C(C)Cc1c(C)noc1C. The van der Waals surface area contributed by atoms with Gasteiger partial charge in [0, 0.05) is 23.6 Å². The van der Waals surface area contributed by atoms with Gasteiger partial charge in [-0.2, -0.15) is 0 Å². The summed E-state index contributed by atoms with van der Waals surface area (Å²) in [5.74, 6) is 0.620. The molecule has 0 aromatic carbocycles. The average Bonchev–Trinajstić information content (AvgIpc) is 2.70. The van der Waals surface area contributed by atoms with Gasteiger partial charge < -0.3 is 14.9 Å². The first-order chi connectivity index (χ1) is 9.33. The third-order valence-electron chi connectivity index (χ3n) is 4.01. The molecule has 0 bridgehead atoms. The van der Waals surface area contributed by atoms with Crippen molar-refractivity contribution in [3.8, 4) is 0 Å². The number of carbonyl (C=O) groups is 1. The van der Waals surface area contributed by atoms with Crippen LogP contribution in [0.2, 0.25) is 0 Å². The van der Waals surface area contributed by atoms with Crippen molar-refractivity contribution in [3.05, 3.63) is 17.0 Å². The quantitative estimate of drug-likeness (QED) is 0.803.